The van der Waals surface area contributed by atoms with Crippen molar-refractivity contribution in [2.45, 2.75) is 76.8 Å². The summed E-state index contributed by atoms with van der Waals surface area (Å²) in [6.45, 7) is 2.22. The molecule has 0 N–H and O–H groups in total. The smallest absolute Gasteiger partial charge is 0.113 e. The molecule has 2 rings (SSSR count). The van der Waals surface area contributed by atoms with Gasteiger partial charge in [-0.1, -0.05) is 19.8 Å². The van der Waals surface area contributed by atoms with Crippen molar-refractivity contribution in [2.24, 2.45) is 17.8 Å². The average molecular weight is 251 g/mol. The fraction of sp³-hybridized carbons (Fsp3) is 0.938. The molecule has 102 valence electrons. The molecule has 2 fully saturated rings. The Hall–Kier alpha value is -0.580. The lowest BCUT2D eigenvalue weighted by Crippen LogP contribution is -2.39. The topological polar surface area (TPSA) is 23.8 Å². The molecule has 0 radical (unpaired) electrons. The van der Waals surface area contributed by atoms with Crippen molar-refractivity contribution in [1.29, 1.82) is 5.26 Å². The van der Waals surface area contributed by atoms with Gasteiger partial charge in [-0.15, -0.1) is 0 Å². The number of nitrogens with zero attached hydrogens (tertiary/aromatic N) is 1. The van der Waals surface area contributed by atoms with Gasteiger partial charge in [0.2, 0.25) is 0 Å². The van der Waals surface area contributed by atoms with Crippen LogP contribution in [0.3, 0.4) is 0 Å². The molecule has 2 aliphatic rings. The summed E-state index contributed by atoms with van der Waals surface area (Å²) >= 11 is 0. The normalized spacial score (nSPS) is 41.3. The van der Waals surface area contributed by atoms with E-state index in [0.29, 0.717) is 0 Å². The monoisotopic (exact) mass is 251 g/mol. The first-order valence-corrected chi connectivity index (χ1v) is 7.76. The van der Waals surface area contributed by atoms with Gasteiger partial charge in [0.1, 0.15) is 5.67 Å². The van der Waals surface area contributed by atoms with E-state index in [1.165, 1.54) is 12.8 Å². The van der Waals surface area contributed by atoms with Crippen LogP contribution in [0.5, 0.6) is 0 Å². The van der Waals surface area contributed by atoms with Crippen LogP contribution in [0.25, 0.3) is 0 Å². The van der Waals surface area contributed by atoms with E-state index in [1.807, 2.05) is 0 Å². The Morgan fingerprint density at radius 3 is 2.22 bits per heavy atom. The van der Waals surface area contributed by atoms with Gasteiger partial charge in [-0.3, -0.25) is 0 Å². The summed E-state index contributed by atoms with van der Waals surface area (Å²) in [6.07, 6.45) is 9.95. The maximum absolute atomic E-state index is 15.0. The third-order valence-electron chi connectivity index (χ3n) is 5.27. The van der Waals surface area contributed by atoms with E-state index in [9.17, 15) is 0 Å². The molecule has 0 spiro atoms. The summed E-state index contributed by atoms with van der Waals surface area (Å²) in [5.41, 5.74) is -0.898. The van der Waals surface area contributed by atoms with Crippen LogP contribution in [0.2, 0.25) is 0 Å². The van der Waals surface area contributed by atoms with Crippen LogP contribution in [0.1, 0.15) is 71.1 Å². The number of alkyl halides is 1. The predicted molar refractivity (Wildman–Crippen MR) is 71.8 cm³/mol. The van der Waals surface area contributed by atoms with Crippen LogP contribution in [-0.4, -0.2) is 5.67 Å². The molecule has 2 heteroatoms. The van der Waals surface area contributed by atoms with Crippen LogP contribution in [-0.2, 0) is 0 Å². The van der Waals surface area contributed by atoms with Gasteiger partial charge in [-0.05, 0) is 63.2 Å². The summed E-state index contributed by atoms with van der Waals surface area (Å²) in [4.78, 5) is 0. The van der Waals surface area contributed by atoms with Crippen molar-refractivity contribution in [3.63, 3.8) is 0 Å². The van der Waals surface area contributed by atoms with E-state index in [1.54, 1.807) is 0 Å². The molecule has 0 heterocycles. The zero-order valence-electron chi connectivity index (χ0n) is 11.6. The number of nitriles is 1. The van der Waals surface area contributed by atoms with Crippen LogP contribution in [0.4, 0.5) is 4.39 Å². The quantitative estimate of drug-likeness (QED) is 0.691. The van der Waals surface area contributed by atoms with Crippen LogP contribution < -0.4 is 0 Å². The zero-order chi connectivity index (χ0) is 13.0. The maximum Gasteiger partial charge on any atom is 0.113 e. The molecule has 2 aliphatic carbocycles. The number of rotatable bonds is 3. The number of halogens is 1. The molecule has 0 aliphatic heterocycles. The largest absolute Gasteiger partial charge is 0.244 e. The van der Waals surface area contributed by atoms with E-state index >= 15 is 4.39 Å². The Bertz CT molecular complexity index is 291. The van der Waals surface area contributed by atoms with Crippen molar-refractivity contribution >= 4 is 0 Å². The Morgan fingerprint density at radius 2 is 1.72 bits per heavy atom. The van der Waals surface area contributed by atoms with E-state index in [-0.39, 0.29) is 11.8 Å². The molecule has 0 aromatic heterocycles. The minimum absolute atomic E-state index is 0.196. The Labute approximate surface area is 111 Å². The highest BCUT2D eigenvalue weighted by atomic mass is 19.1. The van der Waals surface area contributed by atoms with Gasteiger partial charge >= 0.3 is 0 Å². The fourth-order valence-electron chi connectivity index (χ4n) is 4.00. The molecule has 1 nitrogen and oxygen atoms in total. The SMILES string of the molecule is CCCC1CCC(F)([C@H]2CC[C@H](C#N)CC2)CC1. The standard InChI is InChI=1S/C16H26FN/c1-2-3-13-8-10-16(17,11-9-13)15-6-4-14(12-18)5-7-15/h13-15H,2-11H2,1H3/t13?,14-,15-,16?. The molecule has 0 saturated heterocycles. The molecular formula is C16H26FN. The second-order valence-electron chi connectivity index (χ2n) is 6.44. The minimum Gasteiger partial charge on any atom is -0.244 e. The lowest BCUT2D eigenvalue weighted by Gasteiger charge is -2.42. The Morgan fingerprint density at radius 1 is 1.11 bits per heavy atom. The van der Waals surface area contributed by atoms with E-state index in [4.69, 9.17) is 5.26 Å². The molecular weight excluding hydrogens is 225 g/mol. The van der Waals surface area contributed by atoms with E-state index in [0.717, 1.165) is 57.3 Å². The maximum atomic E-state index is 15.0. The lowest BCUT2D eigenvalue weighted by atomic mass is 9.67. The summed E-state index contributed by atoms with van der Waals surface area (Å²) in [6, 6.07) is 2.34. The third kappa shape index (κ3) is 3.05. The summed E-state index contributed by atoms with van der Waals surface area (Å²) in [5.74, 6) is 1.21. The highest BCUT2D eigenvalue weighted by molar-refractivity contribution is 4.96. The van der Waals surface area contributed by atoms with E-state index < -0.39 is 5.67 Å². The van der Waals surface area contributed by atoms with Gasteiger partial charge in [-0.2, -0.15) is 5.26 Å². The summed E-state index contributed by atoms with van der Waals surface area (Å²) in [5, 5.41) is 8.90. The van der Waals surface area contributed by atoms with Gasteiger partial charge < -0.3 is 0 Å². The van der Waals surface area contributed by atoms with Crippen LogP contribution in [0.15, 0.2) is 0 Å². The van der Waals surface area contributed by atoms with Crippen molar-refractivity contribution < 1.29 is 4.39 Å². The van der Waals surface area contributed by atoms with Crippen molar-refractivity contribution in [2.75, 3.05) is 0 Å². The van der Waals surface area contributed by atoms with Gasteiger partial charge in [0.05, 0.1) is 6.07 Å². The molecule has 0 aromatic carbocycles. The zero-order valence-corrected chi connectivity index (χ0v) is 11.6. The summed E-state index contributed by atoms with van der Waals surface area (Å²) in [7, 11) is 0. The first kappa shape index (κ1) is 13.8. The van der Waals surface area contributed by atoms with Crippen LogP contribution in [0, 0.1) is 29.1 Å². The first-order chi connectivity index (χ1) is 8.68. The first-order valence-electron chi connectivity index (χ1n) is 7.76. The van der Waals surface area contributed by atoms with Gasteiger partial charge in [0.25, 0.3) is 0 Å². The highest BCUT2D eigenvalue weighted by Crippen LogP contribution is 2.47. The molecule has 18 heavy (non-hydrogen) atoms. The second kappa shape index (κ2) is 6.04. The van der Waals surface area contributed by atoms with Crippen molar-refractivity contribution in [3.8, 4) is 6.07 Å². The molecule has 2 saturated carbocycles. The van der Waals surface area contributed by atoms with Crippen molar-refractivity contribution in [1.82, 2.24) is 0 Å². The highest BCUT2D eigenvalue weighted by Gasteiger charge is 2.43. The molecule has 0 aromatic rings. The summed E-state index contributed by atoms with van der Waals surface area (Å²) < 4.78 is 15.0. The Balaban J connectivity index is 1.84. The minimum atomic E-state index is -0.898. The lowest BCUT2D eigenvalue weighted by molar-refractivity contribution is 0.000931. The Kier molecular flexibility index (Phi) is 4.65. The molecule has 0 bridgehead atoms. The number of hydrogen-bond donors (Lipinski definition) is 0. The van der Waals surface area contributed by atoms with Gasteiger partial charge in [0.15, 0.2) is 0 Å². The molecule has 0 amide bonds. The third-order valence-corrected chi connectivity index (χ3v) is 5.27. The van der Waals surface area contributed by atoms with Crippen LogP contribution >= 0.6 is 0 Å². The molecule has 0 unspecified atom stereocenters. The van der Waals surface area contributed by atoms with E-state index in [2.05, 4.69) is 13.0 Å². The average Bonchev–Trinajstić information content (AvgIpc) is 2.42. The van der Waals surface area contributed by atoms with Gasteiger partial charge in [-0.25, -0.2) is 4.39 Å². The predicted octanol–water partition coefficient (Wildman–Crippen LogP) is 5.01. The van der Waals surface area contributed by atoms with Crippen molar-refractivity contribution in [3.05, 3.63) is 0 Å². The molecule has 0 atom stereocenters. The number of hydrogen-bond acceptors (Lipinski definition) is 1. The van der Waals surface area contributed by atoms with Gasteiger partial charge in [0, 0.05) is 5.92 Å². The fourth-order valence-corrected chi connectivity index (χ4v) is 4.00. The second-order valence-corrected chi connectivity index (χ2v) is 6.44.